The smallest absolute Gasteiger partial charge is 0.255 e. The Hall–Kier alpha value is -3.55. The molecule has 0 aliphatic carbocycles. The zero-order valence-corrected chi connectivity index (χ0v) is 12.1. The molecular weight excluding hydrogens is 294 g/mol. The predicted octanol–water partition coefficient (Wildman–Crippen LogP) is 0.976. The highest BCUT2D eigenvalue weighted by molar-refractivity contribution is 6.06. The van der Waals surface area contributed by atoms with Gasteiger partial charge in [0, 0.05) is 22.2 Å². The van der Waals surface area contributed by atoms with Gasteiger partial charge in [0.1, 0.15) is 5.84 Å². The van der Waals surface area contributed by atoms with Gasteiger partial charge in [-0.1, -0.05) is 12.1 Å². The zero-order chi connectivity index (χ0) is 16.4. The van der Waals surface area contributed by atoms with Crippen LogP contribution in [0, 0.1) is 0 Å². The van der Waals surface area contributed by atoms with Crippen LogP contribution in [0.4, 0.5) is 11.5 Å². The Bertz CT molecular complexity index is 896. The quantitative estimate of drug-likeness (QED) is 0.211. The molecule has 2 aromatic carbocycles. The molecular formula is C15H15N7O. The Balaban J connectivity index is 1.81. The Morgan fingerprint density at radius 1 is 1.13 bits per heavy atom. The number of anilines is 2. The summed E-state index contributed by atoms with van der Waals surface area (Å²) in [7, 11) is 0. The summed E-state index contributed by atoms with van der Waals surface area (Å²) >= 11 is 0. The van der Waals surface area contributed by atoms with Crippen LogP contribution >= 0.6 is 0 Å². The van der Waals surface area contributed by atoms with Crippen LogP contribution in [0.25, 0.3) is 10.9 Å². The predicted molar refractivity (Wildman–Crippen MR) is 89.8 cm³/mol. The largest absolute Gasteiger partial charge is 0.382 e. The van der Waals surface area contributed by atoms with Crippen molar-refractivity contribution in [2.24, 2.45) is 16.7 Å². The van der Waals surface area contributed by atoms with Crippen molar-refractivity contribution in [3.8, 4) is 0 Å². The van der Waals surface area contributed by atoms with Gasteiger partial charge in [0.25, 0.3) is 5.91 Å². The lowest BCUT2D eigenvalue weighted by Gasteiger charge is -2.06. The maximum Gasteiger partial charge on any atom is 0.255 e. The molecule has 8 N–H and O–H groups in total. The van der Waals surface area contributed by atoms with Crippen molar-refractivity contribution in [1.82, 2.24) is 10.2 Å². The first-order valence-corrected chi connectivity index (χ1v) is 6.77. The number of carbonyl (C=O) groups is 1. The van der Waals surface area contributed by atoms with Gasteiger partial charge < -0.3 is 22.6 Å². The molecule has 3 rings (SSSR count). The molecule has 1 amide bonds. The Morgan fingerprint density at radius 3 is 2.52 bits per heavy atom. The van der Waals surface area contributed by atoms with E-state index in [1.165, 1.54) is 0 Å². The molecule has 1 heterocycles. The van der Waals surface area contributed by atoms with E-state index in [0.717, 1.165) is 10.9 Å². The summed E-state index contributed by atoms with van der Waals surface area (Å²) in [6.45, 7) is 0. The van der Waals surface area contributed by atoms with Gasteiger partial charge in [-0.15, -0.1) is 0 Å². The number of rotatable bonds is 3. The van der Waals surface area contributed by atoms with Crippen LogP contribution < -0.4 is 22.6 Å². The van der Waals surface area contributed by atoms with Crippen molar-refractivity contribution >= 4 is 34.2 Å². The molecule has 0 unspecified atom stereocenters. The number of hydrogen-bond donors (Lipinski definition) is 5. The number of hydrazone groups is 1. The minimum Gasteiger partial charge on any atom is -0.382 e. The van der Waals surface area contributed by atoms with Crippen molar-refractivity contribution in [2.45, 2.75) is 0 Å². The number of nitrogen functional groups attached to an aromatic ring is 1. The maximum atomic E-state index is 12.3. The fraction of sp³-hybridized carbons (Fsp3) is 0. The lowest BCUT2D eigenvalue weighted by atomic mass is 10.1. The molecule has 0 atom stereocenters. The molecule has 0 saturated carbocycles. The second-order valence-electron chi connectivity index (χ2n) is 4.92. The van der Waals surface area contributed by atoms with E-state index in [9.17, 15) is 4.79 Å². The molecule has 8 heteroatoms. The number of amides is 1. The number of aromatic nitrogens is 2. The van der Waals surface area contributed by atoms with E-state index < -0.39 is 0 Å². The van der Waals surface area contributed by atoms with Crippen molar-refractivity contribution in [3.05, 3.63) is 53.6 Å². The summed E-state index contributed by atoms with van der Waals surface area (Å²) in [4.78, 5) is 12.3. The number of carbonyl (C=O) groups excluding carboxylic acids is 1. The van der Waals surface area contributed by atoms with E-state index in [-0.39, 0.29) is 11.7 Å². The van der Waals surface area contributed by atoms with Crippen LogP contribution in [0.1, 0.15) is 15.9 Å². The molecule has 0 fully saturated rings. The summed E-state index contributed by atoms with van der Waals surface area (Å²) in [5.74, 6) is 5.46. The number of benzene rings is 2. The van der Waals surface area contributed by atoms with Gasteiger partial charge in [0.2, 0.25) is 0 Å². The van der Waals surface area contributed by atoms with E-state index in [1.54, 1.807) is 42.5 Å². The molecule has 3 aromatic rings. The second kappa shape index (κ2) is 5.68. The van der Waals surface area contributed by atoms with Gasteiger partial charge in [0.15, 0.2) is 5.82 Å². The van der Waals surface area contributed by atoms with Gasteiger partial charge in [-0.25, -0.2) is 0 Å². The molecule has 8 nitrogen and oxygen atoms in total. The van der Waals surface area contributed by atoms with Crippen LogP contribution in [-0.4, -0.2) is 21.9 Å². The third-order valence-corrected chi connectivity index (χ3v) is 3.43. The summed E-state index contributed by atoms with van der Waals surface area (Å²) in [5.41, 5.74) is 13.9. The van der Waals surface area contributed by atoms with Crippen LogP contribution in [0.3, 0.4) is 0 Å². The summed E-state index contributed by atoms with van der Waals surface area (Å²) in [5, 5.41) is 13.7. The van der Waals surface area contributed by atoms with E-state index in [1.807, 2.05) is 0 Å². The van der Waals surface area contributed by atoms with Gasteiger partial charge in [-0.05, 0) is 30.3 Å². The minimum absolute atomic E-state index is 0.206. The van der Waals surface area contributed by atoms with Crippen molar-refractivity contribution in [1.29, 1.82) is 0 Å². The average molecular weight is 309 g/mol. The topological polar surface area (TPSA) is 148 Å². The first kappa shape index (κ1) is 14.4. The molecule has 0 aliphatic heterocycles. The molecule has 1 aromatic heterocycles. The molecule has 0 bridgehead atoms. The van der Waals surface area contributed by atoms with Gasteiger partial charge in [-0.3, -0.25) is 9.89 Å². The van der Waals surface area contributed by atoms with Gasteiger partial charge in [-0.2, -0.15) is 10.2 Å². The first-order valence-electron chi connectivity index (χ1n) is 6.77. The van der Waals surface area contributed by atoms with E-state index in [4.69, 9.17) is 17.3 Å². The SMILES string of the molecule is N/N=C(/N)c1ccc(C(=O)Nc2ccc3[nH]nc(N)c3c2)cc1. The molecule has 0 radical (unpaired) electrons. The number of nitrogens with one attached hydrogen (secondary N) is 2. The standard InChI is InChI=1S/C15H15N7O/c16-13(20-18)8-1-3-9(4-2-8)15(23)19-10-5-6-12-11(7-10)14(17)22-21-12/h1-7H,18H2,(H2,16,20)(H,19,23)(H3,17,21,22). The summed E-state index contributed by atoms with van der Waals surface area (Å²) in [6, 6.07) is 12.0. The molecule has 0 saturated heterocycles. The fourth-order valence-corrected chi connectivity index (χ4v) is 2.18. The molecule has 23 heavy (non-hydrogen) atoms. The fourth-order valence-electron chi connectivity index (χ4n) is 2.18. The number of fused-ring (bicyclic) bond motifs is 1. The van der Waals surface area contributed by atoms with Crippen LogP contribution in [0.2, 0.25) is 0 Å². The van der Waals surface area contributed by atoms with Crippen LogP contribution in [0.15, 0.2) is 47.6 Å². The minimum atomic E-state index is -0.249. The van der Waals surface area contributed by atoms with Gasteiger partial charge in [0.05, 0.1) is 5.52 Å². The maximum absolute atomic E-state index is 12.3. The Morgan fingerprint density at radius 2 is 1.83 bits per heavy atom. The zero-order valence-electron chi connectivity index (χ0n) is 12.1. The number of nitrogens with two attached hydrogens (primary N) is 3. The highest BCUT2D eigenvalue weighted by Gasteiger charge is 2.09. The monoisotopic (exact) mass is 309 g/mol. The average Bonchev–Trinajstić information content (AvgIpc) is 2.95. The normalized spacial score (nSPS) is 11.6. The van der Waals surface area contributed by atoms with Crippen molar-refractivity contribution in [3.63, 3.8) is 0 Å². The Kier molecular flexibility index (Phi) is 3.55. The van der Waals surface area contributed by atoms with E-state index >= 15 is 0 Å². The summed E-state index contributed by atoms with van der Waals surface area (Å²) < 4.78 is 0. The lowest BCUT2D eigenvalue weighted by Crippen LogP contribution is -2.16. The molecule has 0 spiro atoms. The third kappa shape index (κ3) is 2.77. The Labute approximate surface area is 131 Å². The second-order valence-corrected chi connectivity index (χ2v) is 4.92. The third-order valence-electron chi connectivity index (χ3n) is 3.43. The first-order chi connectivity index (χ1) is 11.1. The van der Waals surface area contributed by atoms with Gasteiger partial charge >= 0.3 is 0 Å². The molecule has 116 valence electrons. The summed E-state index contributed by atoms with van der Waals surface area (Å²) in [6.07, 6.45) is 0. The highest BCUT2D eigenvalue weighted by atomic mass is 16.1. The van der Waals surface area contributed by atoms with Crippen molar-refractivity contribution in [2.75, 3.05) is 11.1 Å². The number of H-pyrrole nitrogens is 1. The van der Waals surface area contributed by atoms with Crippen LogP contribution in [0.5, 0.6) is 0 Å². The van der Waals surface area contributed by atoms with E-state index in [2.05, 4.69) is 20.6 Å². The number of amidine groups is 1. The lowest BCUT2D eigenvalue weighted by molar-refractivity contribution is 0.102. The number of nitrogens with zero attached hydrogens (tertiary/aromatic N) is 2. The van der Waals surface area contributed by atoms with Crippen LogP contribution in [-0.2, 0) is 0 Å². The highest BCUT2D eigenvalue weighted by Crippen LogP contribution is 2.22. The number of aromatic amines is 1. The van der Waals surface area contributed by atoms with E-state index in [0.29, 0.717) is 22.6 Å². The van der Waals surface area contributed by atoms with Crippen molar-refractivity contribution < 1.29 is 4.79 Å². The molecule has 0 aliphatic rings. The number of hydrogen-bond acceptors (Lipinski definition) is 5.